The molecule has 2 aromatic rings. The molecule has 0 bridgehead atoms. The molecular formula is C16H16BrN3O2. The molecule has 2 rings (SSSR count). The number of aryl methyl sites for hydroxylation is 1. The highest BCUT2D eigenvalue weighted by atomic mass is 79.9. The number of carbonyl (C=O) groups is 2. The van der Waals surface area contributed by atoms with Gasteiger partial charge in [-0.15, -0.1) is 0 Å². The van der Waals surface area contributed by atoms with Crippen LogP contribution in [0.2, 0.25) is 0 Å². The van der Waals surface area contributed by atoms with Gasteiger partial charge in [-0.05, 0) is 64.8 Å². The molecule has 22 heavy (non-hydrogen) atoms. The summed E-state index contributed by atoms with van der Waals surface area (Å²) in [6, 6.07) is 12.3. The second-order valence-electron chi connectivity index (χ2n) is 4.83. The average Bonchev–Trinajstić information content (AvgIpc) is 2.47. The second kappa shape index (κ2) is 7.09. The third-order valence-corrected chi connectivity index (χ3v) is 3.67. The molecular weight excluding hydrogens is 346 g/mol. The first-order chi connectivity index (χ1) is 10.5. The van der Waals surface area contributed by atoms with Gasteiger partial charge in [-0.3, -0.25) is 9.59 Å². The Morgan fingerprint density at radius 2 is 1.82 bits per heavy atom. The van der Waals surface area contributed by atoms with Crippen LogP contribution in [0.1, 0.15) is 15.9 Å². The zero-order chi connectivity index (χ0) is 16.1. The smallest absolute Gasteiger partial charge is 0.248 e. The van der Waals surface area contributed by atoms with E-state index in [2.05, 4.69) is 26.6 Å². The summed E-state index contributed by atoms with van der Waals surface area (Å²) in [5, 5.41) is 5.80. The van der Waals surface area contributed by atoms with Gasteiger partial charge in [0.05, 0.1) is 6.54 Å². The lowest BCUT2D eigenvalue weighted by molar-refractivity contribution is -0.114. The number of benzene rings is 2. The number of rotatable bonds is 5. The predicted octanol–water partition coefficient (Wildman–Crippen LogP) is 2.91. The fourth-order valence-electron chi connectivity index (χ4n) is 1.86. The fraction of sp³-hybridized carbons (Fsp3) is 0.125. The van der Waals surface area contributed by atoms with Crippen LogP contribution in [0.3, 0.4) is 0 Å². The summed E-state index contributed by atoms with van der Waals surface area (Å²) in [6.45, 7) is 2.14. The number of nitrogens with one attached hydrogen (secondary N) is 2. The van der Waals surface area contributed by atoms with Crippen molar-refractivity contribution >= 4 is 39.1 Å². The Morgan fingerprint density at radius 3 is 2.41 bits per heavy atom. The topological polar surface area (TPSA) is 84.2 Å². The van der Waals surface area contributed by atoms with Crippen molar-refractivity contribution < 1.29 is 9.59 Å². The number of nitrogens with two attached hydrogens (primary N) is 1. The molecule has 2 amide bonds. The Morgan fingerprint density at radius 1 is 1.14 bits per heavy atom. The number of halogens is 1. The van der Waals surface area contributed by atoms with E-state index in [1.807, 2.05) is 25.1 Å². The molecule has 0 aromatic heterocycles. The summed E-state index contributed by atoms with van der Waals surface area (Å²) in [6.07, 6.45) is 0. The lowest BCUT2D eigenvalue weighted by Gasteiger charge is -2.10. The number of hydrogen-bond acceptors (Lipinski definition) is 3. The maximum Gasteiger partial charge on any atom is 0.248 e. The van der Waals surface area contributed by atoms with Gasteiger partial charge in [0.25, 0.3) is 0 Å². The molecule has 2 aromatic carbocycles. The molecule has 0 atom stereocenters. The van der Waals surface area contributed by atoms with Crippen LogP contribution in [0.5, 0.6) is 0 Å². The molecule has 0 saturated carbocycles. The Kier molecular flexibility index (Phi) is 5.16. The van der Waals surface area contributed by atoms with Crippen molar-refractivity contribution in [1.29, 1.82) is 0 Å². The zero-order valence-corrected chi connectivity index (χ0v) is 13.6. The summed E-state index contributed by atoms with van der Waals surface area (Å²) in [5.41, 5.74) is 8.16. The minimum absolute atomic E-state index is 0.138. The van der Waals surface area contributed by atoms with Crippen LogP contribution in [0, 0.1) is 6.92 Å². The molecule has 4 N–H and O–H groups in total. The van der Waals surface area contributed by atoms with E-state index in [1.165, 1.54) is 0 Å². The van der Waals surface area contributed by atoms with Crippen molar-refractivity contribution in [2.45, 2.75) is 6.92 Å². The maximum atomic E-state index is 11.9. The van der Waals surface area contributed by atoms with Crippen molar-refractivity contribution in [3.8, 4) is 0 Å². The number of carbonyl (C=O) groups excluding carboxylic acids is 2. The molecule has 0 saturated heterocycles. The predicted molar refractivity (Wildman–Crippen MR) is 91.0 cm³/mol. The van der Waals surface area contributed by atoms with Crippen molar-refractivity contribution in [1.82, 2.24) is 0 Å². The third kappa shape index (κ3) is 4.33. The summed E-state index contributed by atoms with van der Waals surface area (Å²) < 4.78 is 0.908. The van der Waals surface area contributed by atoms with E-state index in [-0.39, 0.29) is 12.5 Å². The first kappa shape index (κ1) is 16.0. The van der Waals surface area contributed by atoms with Crippen molar-refractivity contribution in [3.05, 3.63) is 58.1 Å². The Hall–Kier alpha value is -2.34. The van der Waals surface area contributed by atoms with E-state index in [9.17, 15) is 9.59 Å². The molecule has 5 nitrogen and oxygen atoms in total. The van der Waals surface area contributed by atoms with E-state index in [1.54, 1.807) is 24.3 Å². The normalized spacial score (nSPS) is 10.1. The van der Waals surface area contributed by atoms with Gasteiger partial charge in [-0.1, -0.05) is 6.07 Å². The maximum absolute atomic E-state index is 11.9. The largest absolute Gasteiger partial charge is 0.375 e. The van der Waals surface area contributed by atoms with Crippen LogP contribution in [-0.2, 0) is 4.79 Å². The van der Waals surface area contributed by atoms with E-state index < -0.39 is 5.91 Å². The molecule has 0 radical (unpaired) electrons. The summed E-state index contributed by atoms with van der Waals surface area (Å²) in [4.78, 5) is 22.9. The highest BCUT2D eigenvalue weighted by molar-refractivity contribution is 9.10. The van der Waals surface area contributed by atoms with Crippen LogP contribution in [-0.4, -0.2) is 18.4 Å². The minimum Gasteiger partial charge on any atom is -0.375 e. The third-order valence-electron chi connectivity index (χ3n) is 3.02. The van der Waals surface area contributed by atoms with Crippen molar-refractivity contribution in [2.24, 2.45) is 5.73 Å². The molecule has 6 heteroatoms. The number of hydrogen-bond donors (Lipinski definition) is 3. The lowest BCUT2D eigenvalue weighted by atomic mass is 10.2. The SMILES string of the molecule is Cc1ccc(NCC(=O)Nc2ccc(C(N)=O)cc2)c(Br)c1. The van der Waals surface area contributed by atoms with E-state index in [0.717, 1.165) is 15.7 Å². The van der Waals surface area contributed by atoms with Crippen molar-refractivity contribution in [3.63, 3.8) is 0 Å². The van der Waals surface area contributed by atoms with Gasteiger partial charge in [0, 0.05) is 21.4 Å². The Labute approximate surface area is 137 Å². The Bertz CT molecular complexity index is 699. The lowest BCUT2D eigenvalue weighted by Crippen LogP contribution is -2.22. The quantitative estimate of drug-likeness (QED) is 0.765. The summed E-state index contributed by atoms with van der Waals surface area (Å²) >= 11 is 3.45. The van der Waals surface area contributed by atoms with E-state index in [4.69, 9.17) is 5.73 Å². The monoisotopic (exact) mass is 361 g/mol. The minimum atomic E-state index is -0.497. The average molecular weight is 362 g/mol. The van der Waals surface area contributed by atoms with Crippen LogP contribution in [0.25, 0.3) is 0 Å². The zero-order valence-electron chi connectivity index (χ0n) is 12.0. The molecule has 0 aliphatic heterocycles. The molecule has 114 valence electrons. The molecule has 0 heterocycles. The fourth-order valence-corrected chi connectivity index (χ4v) is 2.50. The molecule has 0 spiro atoms. The van der Waals surface area contributed by atoms with Crippen LogP contribution in [0.4, 0.5) is 11.4 Å². The van der Waals surface area contributed by atoms with Gasteiger partial charge in [0.2, 0.25) is 11.8 Å². The molecule has 0 aliphatic rings. The number of primary amides is 1. The van der Waals surface area contributed by atoms with Gasteiger partial charge in [-0.25, -0.2) is 0 Å². The first-order valence-corrected chi connectivity index (χ1v) is 7.45. The summed E-state index contributed by atoms with van der Waals surface area (Å²) in [5.74, 6) is -0.678. The van der Waals surface area contributed by atoms with Crippen LogP contribution < -0.4 is 16.4 Å². The van der Waals surface area contributed by atoms with Crippen LogP contribution in [0.15, 0.2) is 46.9 Å². The van der Waals surface area contributed by atoms with Gasteiger partial charge in [-0.2, -0.15) is 0 Å². The van der Waals surface area contributed by atoms with Crippen LogP contribution >= 0.6 is 15.9 Å². The van der Waals surface area contributed by atoms with Gasteiger partial charge in [0.1, 0.15) is 0 Å². The van der Waals surface area contributed by atoms with Crippen molar-refractivity contribution in [2.75, 3.05) is 17.2 Å². The number of anilines is 2. The van der Waals surface area contributed by atoms with Gasteiger partial charge < -0.3 is 16.4 Å². The Balaban J connectivity index is 1.91. The van der Waals surface area contributed by atoms with E-state index >= 15 is 0 Å². The number of amides is 2. The standard InChI is InChI=1S/C16H16BrN3O2/c1-10-2-7-14(13(17)8-10)19-9-15(21)20-12-5-3-11(4-6-12)16(18)22/h2-8,19H,9H2,1H3,(H2,18,22)(H,20,21). The van der Waals surface area contributed by atoms with Gasteiger partial charge >= 0.3 is 0 Å². The highest BCUT2D eigenvalue weighted by Crippen LogP contribution is 2.23. The molecule has 0 fully saturated rings. The molecule has 0 aliphatic carbocycles. The highest BCUT2D eigenvalue weighted by Gasteiger charge is 2.05. The second-order valence-corrected chi connectivity index (χ2v) is 5.68. The van der Waals surface area contributed by atoms with E-state index in [0.29, 0.717) is 11.3 Å². The van der Waals surface area contributed by atoms with Gasteiger partial charge in [0.15, 0.2) is 0 Å². The summed E-state index contributed by atoms with van der Waals surface area (Å²) in [7, 11) is 0. The molecule has 0 unspecified atom stereocenters. The first-order valence-electron chi connectivity index (χ1n) is 6.65.